The van der Waals surface area contributed by atoms with Crippen LogP contribution in [-0.4, -0.2) is 61.7 Å². The third-order valence-electron chi connectivity index (χ3n) is 3.52. The van der Waals surface area contributed by atoms with E-state index in [1.54, 1.807) is 7.11 Å². The zero-order valence-electron chi connectivity index (χ0n) is 12.7. The molecule has 0 amide bonds. The quantitative estimate of drug-likeness (QED) is 0.844. The van der Waals surface area contributed by atoms with E-state index in [0.29, 0.717) is 6.61 Å². The van der Waals surface area contributed by atoms with Gasteiger partial charge in [-0.25, -0.2) is 9.97 Å². The molecule has 1 aliphatic rings. The van der Waals surface area contributed by atoms with Crippen LogP contribution in [0.15, 0.2) is 6.07 Å². The molecule has 0 spiro atoms. The Morgan fingerprint density at radius 2 is 2.00 bits per heavy atom. The van der Waals surface area contributed by atoms with Crippen molar-refractivity contribution < 1.29 is 4.74 Å². The van der Waals surface area contributed by atoms with Crippen LogP contribution in [0.1, 0.15) is 19.2 Å². The monoisotopic (exact) mass is 279 g/mol. The Labute approximate surface area is 121 Å². The van der Waals surface area contributed by atoms with Crippen molar-refractivity contribution >= 4 is 11.6 Å². The molecule has 0 atom stereocenters. The van der Waals surface area contributed by atoms with E-state index in [2.05, 4.69) is 32.0 Å². The Bertz CT molecular complexity index is 418. The summed E-state index contributed by atoms with van der Waals surface area (Å²) in [6.07, 6.45) is 1.22. The van der Waals surface area contributed by atoms with Gasteiger partial charge in [0.15, 0.2) is 5.82 Å². The number of nitrogens with one attached hydrogen (secondary N) is 1. The average Bonchev–Trinajstić information content (AvgIpc) is 2.48. The molecule has 6 nitrogen and oxygen atoms in total. The molecule has 0 unspecified atom stereocenters. The zero-order valence-corrected chi connectivity index (χ0v) is 12.7. The fourth-order valence-electron chi connectivity index (χ4n) is 2.48. The molecule has 6 heteroatoms. The van der Waals surface area contributed by atoms with Gasteiger partial charge in [0.2, 0.25) is 0 Å². The number of rotatable bonds is 6. The molecular formula is C14H25N5O. The molecule has 0 radical (unpaired) electrons. The minimum atomic E-state index is 0.443. The van der Waals surface area contributed by atoms with E-state index < -0.39 is 0 Å². The number of hydrogen-bond donors (Lipinski definition) is 1. The fraction of sp³-hybridized carbons (Fsp3) is 0.714. The van der Waals surface area contributed by atoms with Crippen molar-refractivity contribution in [1.29, 1.82) is 0 Å². The lowest BCUT2D eigenvalue weighted by atomic mass is 10.3. The Morgan fingerprint density at radius 1 is 1.25 bits per heavy atom. The highest BCUT2D eigenvalue weighted by molar-refractivity contribution is 5.49. The third kappa shape index (κ3) is 3.80. The first-order chi connectivity index (χ1) is 9.76. The topological polar surface area (TPSA) is 53.5 Å². The molecular weight excluding hydrogens is 254 g/mol. The standard InChI is InChI=1S/C14H25N5O/c1-4-5-18-6-8-19(9-7-18)14-10-12(15-2)16-13(17-14)11-20-3/h10H,4-9,11H2,1-3H3,(H,15,16,17). The van der Waals surface area contributed by atoms with Crippen molar-refractivity contribution in [3.8, 4) is 0 Å². The van der Waals surface area contributed by atoms with Gasteiger partial charge >= 0.3 is 0 Å². The molecule has 2 rings (SSSR count). The first-order valence-corrected chi connectivity index (χ1v) is 7.28. The van der Waals surface area contributed by atoms with Crippen LogP contribution in [0.2, 0.25) is 0 Å². The molecule has 0 aliphatic carbocycles. The van der Waals surface area contributed by atoms with Gasteiger partial charge < -0.3 is 15.0 Å². The Hall–Kier alpha value is -1.40. The van der Waals surface area contributed by atoms with Crippen molar-refractivity contribution in [3.63, 3.8) is 0 Å². The van der Waals surface area contributed by atoms with Gasteiger partial charge in [-0.05, 0) is 13.0 Å². The van der Waals surface area contributed by atoms with E-state index in [4.69, 9.17) is 4.74 Å². The predicted molar refractivity (Wildman–Crippen MR) is 81.2 cm³/mol. The molecule has 2 heterocycles. The van der Waals surface area contributed by atoms with Gasteiger partial charge in [-0.15, -0.1) is 0 Å². The highest BCUT2D eigenvalue weighted by atomic mass is 16.5. The number of methoxy groups -OCH3 is 1. The van der Waals surface area contributed by atoms with E-state index in [1.165, 1.54) is 13.0 Å². The summed E-state index contributed by atoms with van der Waals surface area (Å²) >= 11 is 0. The highest BCUT2D eigenvalue weighted by Gasteiger charge is 2.18. The summed E-state index contributed by atoms with van der Waals surface area (Å²) in [7, 11) is 3.54. The second-order valence-electron chi connectivity index (χ2n) is 5.04. The highest BCUT2D eigenvalue weighted by Crippen LogP contribution is 2.18. The van der Waals surface area contributed by atoms with Crippen LogP contribution < -0.4 is 10.2 Å². The van der Waals surface area contributed by atoms with Crippen molar-refractivity contribution in [2.45, 2.75) is 20.0 Å². The van der Waals surface area contributed by atoms with E-state index in [9.17, 15) is 0 Å². The molecule has 1 aliphatic heterocycles. The maximum absolute atomic E-state index is 5.14. The number of anilines is 2. The lowest BCUT2D eigenvalue weighted by Gasteiger charge is -2.35. The summed E-state index contributed by atoms with van der Waals surface area (Å²) in [6.45, 7) is 8.11. The van der Waals surface area contributed by atoms with E-state index in [0.717, 1.165) is 43.6 Å². The molecule has 1 N–H and O–H groups in total. The van der Waals surface area contributed by atoms with Gasteiger partial charge in [0.05, 0.1) is 0 Å². The SMILES string of the molecule is CCCN1CCN(c2cc(NC)nc(COC)n2)CC1. The van der Waals surface area contributed by atoms with Crippen LogP contribution in [0, 0.1) is 0 Å². The van der Waals surface area contributed by atoms with Crippen molar-refractivity contribution in [1.82, 2.24) is 14.9 Å². The minimum Gasteiger partial charge on any atom is -0.377 e. The molecule has 1 saturated heterocycles. The molecule has 0 saturated carbocycles. The van der Waals surface area contributed by atoms with Crippen molar-refractivity contribution in [2.75, 3.05) is 57.1 Å². The van der Waals surface area contributed by atoms with Gasteiger partial charge in [-0.3, -0.25) is 4.90 Å². The second-order valence-corrected chi connectivity index (χ2v) is 5.04. The number of nitrogens with zero attached hydrogens (tertiary/aromatic N) is 4. The van der Waals surface area contributed by atoms with E-state index in [-0.39, 0.29) is 0 Å². The molecule has 1 aromatic heterocycles. The zero-order chi connectivity index (χ0) is 14.4. The summed E-state index contributed by atoms with van der Waals surface area (Å²) in [5.41, 5.74) is 0. The van der Waals surface area contributed by atoms with Crippen LogP contribution in [-0.2, 0) is 11.3 Å². The number of ether oxygens (including phenoxy) is 1. The van der Waals surface area contributed by atoms with Crippen LogP contribution in [0.5, 0.6) is 0 Å². The normalized spacial score (nSPS) is 16.4. The molecule has 1 fully saturated rings. The van der Waals surface area contributed by atoms with E-state index >= 15 is 0 Å². The Balaban J connectivity index is 2.06. The smallest absolute Gasteiger partial charge is 0.158 e. The van der Waals surface area contributed by atoms with Gasteiger partial charge in [-0.2, -0.15) is 0 Å². The summed E-state index contributed by atoms with van der Waals surface area (Å²) in [5, 5.41) is 3.09. The van der Waals surface area contributed by atoms with Crippen molar-refractivity contribution in [3.05, 3.63) is 11.9 Å². The van der Waals surface area contributed by atoms with Crippen LogP contribution in [0.3, 0.4) is 0 Å². The maximum atomic E-state index is 5.14. The summed E-state index contributed by atoms with van der Waals surface area (Å²) in [6, 6.07) is 2.01. The van der Waals surface area contributed by atoms with Gasteiger partial charge in [0.25, 0.3) is 0 Å². The molecule has 20 heavy (non-hydrogen) atoms. The van der Waals surface area contributed by atoms with Crippen molar-refractivity contribution in [2.24, 2.45) is 0 Å². The predicted octanol–water partition coefficient (Wildman–Crippen LogP) is 1.20. The number of aromatic nitrogens is 2. The lowest BCUT2D eigenvalue weighted by Crippen LogP contribution is -2.46. The van der Waals surface area contributed by atoms with Gasteiger partial charge in [0.1, 0.15) is 18.2 Å². The summed E-state index contributed by atoms with van der Waals surface area (Å²) in [5.74, 6) is 2.57. The second kappa shape index (κ2) is 7.40. The summed E-state index contributed by atoms with van der Waals surface area (Å²) in [4.78, 5) is 13.8. The molecule has 112 valence electrons. The maximum Gasteiger partial charge on any atom is 0.158 e. The van der Waals surface area contributed by atoms with Gasteiger partial charge in [0, 0.05) is 46.4 Å². The van der Waals surface area contributed by atoms with Crippen LogP contribution >= 0.6 is 0 Å². The molecule has 0 aromatic carbocycles. The fourth-order valence-corrected chi connectivity index (χ4v) is 2.48. The first-order valence-electron chi connectivity index (χ1n) is 7.28. The molecule has 0 bridgehead atoms. The number of hydrogen-bond acceptors (Lipinski definition) is 6. The van der Waals surface area contributed by atoms with Gasteiger partial charge in [-0.1, -0.05) is 6.92 Å². The summed E-state index contributed by atoms with van der Waals surface area (Å²) < 4.78 is 5.14. The average molecular weight is 279 g/mol. The Kier molecular flexibility index (Phi) is 5.55. The molecule has 1 aromatic rings. The van der Waals surface area contributed by atoms with E-state index in [1.807, 2.05) is 13.1 Å². The lowest BCUT2D eigenvalue weighted by molar-refractivity contribution is 0.178. The third-order valence-corrected chi connectivity index (χ3v) is 3.52. The Morgan fingerprint density at radius 3 is 2.60 bits per heavy atom. The van der Waals surface area contributed by atoms with Crippen LogP contribution in [0.25, 0.3) is 0 Å². The minimum absolute atomic E-state index is 0.443. The first kappa shape index (κ1) is 15.0. The largest absolute Gasteiger partial charge is 0.377 e. The number of piperazine rings is 1. The van der Waals surface area contributed by atoms with Crippen LogP contribution in [0.4, 0.5) is 11.6 Å².